The summed E-state index contributed by atoms with van der Waals surface area (Å²) in [5, 5.41) is 2.41. The third-order valence-electron chi connectivity index (χ3n) is 2.78. The van der Waals surface area contributed by atoms with E-state index in [1.54, 1.807) is 0 Å². The van der Waals surface area contributed by atoms with Crippen LogP contribution in [0, 0.1) is 0 Å². The molecule has 112 valence electrons. The number of benzene rings is 1. The van der Waals surface area contributed by atoms with Crippen molar-refractivity contribution in [2.75, 3.05) is 11.9 Å². The predicted molar refractivity (Wildman–Crippen MR) is 75.3 cm³/mol. The molecule has 2 aromatic rings. The number of nitrogens with zero attached hydrogens (tertiary/aromatic N) is 2. The van der Waals surface area contributed by atoms with Crippen LogP contribution in [0.1, 0.15) is 17.7 Å². The number of halogens is 4. The van der Waals surface area contributed by atoms with Gasteiger partial charge in [0.1, 0.15) is 5.82 Å². The van der Waals surface area contributed by atoms with Crippen LogP contribution in [0.15, 0.2) is 36.4 Å². The van der Waals surface area contributed by atoms with Crippen molar-refractivity contribution in [2.45, 2.75) is 19.0 Å². The number of aryl methyl sites for hydroxylation is 1. The molecule has 0 bridgehead atoms. The maximum absolute atomic E-state index is 12.6. The fourth-order valence-electron chi connectivity index (χ4n) is 1.81. The van der Waals surface area contributed by atoms with Gasteiger partial charge in [0.25, 0.3) is 0 Å². The van der Waals surface area contributed by atoms with Gasteiger partial charge in [0.05, 0.1) is 0 Å². The monoisotopic (exact) mass is 315 g/mol. The molecule has 0 aliphatic rings. The summed E-state index contributed by atoms with van der Waals surface area (Å²) in [4.78, 5) is 6.91. The van der Waals surface area contributed by atoms with E-state index in [2.05, 4.69) is 15.3 Å². The Morgan fingerprint density at radius 1 is 1.10 bits per heavy atom. The molecule has 0 spiro atoms. The minimum absolute atomic E-state index is 0.0791. The Labute approximate surface area is 125 Å². The highest BCUT2D eigenvalue weighted by atomic mass is 35.5. The third kappa shape index (κ3) is 4.90. The fraction of sp³-hybridized carbons (Fsp3) is 0.286. The minimum Gasteiger partial charge on any atom is -0.370 e. The summed E-state index contributed by atoms with van der Waals surface area (Å²) in [7, 11) is 0. The Hall–Kier alpha value is -1.82. The van der Waals surface area contributed by atoms with Gasteiger partial charge in [-0.3, -0.25) is 0 Å². The van der Waals surface area contributed by atoms with Crippen LogP contribution in [0.3, 0.4) is 0 Å². The lowest BCUT2D eigenvalue weighted by atomic mass is 10.1. The van der Waals surface area contributed by atoms with Crippen LogP contribution in [-0.4, -0.2) is 16.5 Å². The molecular formula is C14H13ClF3N3. The maximum atomic E-state index is 12.6. The van der Waals surface area contributed by atoms with Crippen LogP contribution in [0.5, 0.6) is 0 Å². The number of hydrogen-bond acceptors (Lipinski definition) is 3. The smallest absolute Gasteiger partial charge is 0.370 e. The first-order chi connectivity index (χ1) is 9.95. The van der Waals surface area contributed by atoms with Gasteiger partial charge in [-0.15, -0.1) is 0 Å². The van der Waals surface area contributed by atoms with Gasteiger partial charge >= 0.3 is 6.18 Å². The lowest BCUT2D eigenvalue weighted by Gasteiger charge is -2.09. The van der Waals surface area contributed by atoms with Crippen molar-refractivity contribution >= 4 is 17.4 Å². The highest BCUT2D eigenvalue weighted by molar-refractivity contribution is 6.28. The number of hydrogen-bond donors (Lipinski definition) is 1. The van der Waals surface area contributed by atoms with Gasteiger partial charge < -0.3 is 5.32 Å². The molecule has 0 aliphatic heterocycles. The van der Waals surface area contributed by atoms with E-state index in [1.165, 1.54) is 5.56 Å². The van der Waals surface area contributed by atoms with Crippen molar-refractivity contribution in [1.29, 1.82) is 0 Å². The second-order valence-corrected chi connectivity index (χ2v) is 4.76. The van der Waals surface area contributed by atoms with E-state index < -0.39 is 17.2 Å². The molecule has 0 fully saturated rings. The van der Waals surface area contributed by atoms with Gasteiger partial charge in [-0.25, -0.2) is 9.97 Å². The quantitative estimate of drug-likeness (QED) is 0.664. The van der Waals surface area contributed by atoms with E-state index >= 15 is 0 Å². The molecule has 21 heavy (non-hydrogen) atoms. The van der Waals surface area contributed by atoms with Gasteiger partial charge in [0, 0.05) is 12.6 Å². The second kappa shape index (κ2) is 6.76. The van der Waals surface area contributed by atoms with Gasteiger partial charge in [-0.2, -0.15) is 13.2 Å². The van der Waals surface area contributed by atoms with Gasteiger partial charge in [0.15, 0.2) is 5.69 Å². The summed E-state index contributed by atoms with van der Waals surface area (Å²) in [5.74, 6) is 0.0791. The average Bonchev–Trinajstić information content (AvgIpc) is 2.43. The van der Waals surface area contributed by atoms with E-state index in [1.807, 2.05) is 30.3 Å². The van der Waals surface area contributed by atoms with E-state index in [9.17, 15) is 13.2 Å². The standard InChI is InChI=1S/C14H13ClF3N3/c15-13-20-11(14(16,17)18)9-12(21-13)19-8-4-7-10-5-2-1-3-6-10/h1-3,5-6,9H,4,7-8H2,(H,19,20,21). The summed E-state index contributed by atoms with van der Waals surface area (Å²) in [6, 6.07) is 10.7. The Morgan fingerprint density at radius 2 is 1.81 bits per heavy atom. The van der Waals surface area contributed by atoms with Crippen molar-refractivity contribution in [3.05, 3.63) is 52.9 Å². The molecule has 0 radical (unpaired) electrons. The van der Waals surface area contributed by atoms with Crippen molar-refractivity contribution in [2.24, 2.45) is 0 Å². The van der Waals surface area contributed by atoms with Crippen molar-refractivity contribution in [1.82, 2.24) is 9.97 Å². The average molecular weight is 316 g/mol. The summed E-state index contributed by atoms with van der Waals surface area (Å²) in [6.07, 6.45) is -2.93. The lowest BCUT2D eigenvalue weighted by Crippen LogP contribution is -2.12. The molecule has 3 nitrogen and oxygen atoms in total. The van der Waals surface area contributed by atoms with Gasteiger partial charge in [-0.1, -0.05) is 30.3 Å². The zero-order valence-corrected chi connectivity index (χ0v) is 11.7. The highest BCUT2D eigenvalue weighted by Crippen LogP contribution is 2.29. The van der Waals surface area contributed by atoms with Crippen LogP contribution in [0.4, 0.5) is 19.0 Å². The maximum Gasteiger partial charge on any atom is 0.433 e. The molecule has 1 heterocycles. The topological polar surface area (TPSA) is 37.8 Å². The Morgan fingerprint density at radius 3 is 2.48 bits per heavy atom. The summed E-state index contributed by atoms with van der Waals surface area (Å²) >= 11 is 5.50. The van der Waals surface area contributed by atoms with E-state index in [-0.39, 0.29) is 5.82 Å². The SMILES string of the molecule is FC(F)(F)c1cc(NCCCc2ccccc2)nc(Cl)n1. The molecule has 0 saturated carbocycles. The molecule has 1 aromatic heterocycles. The molecule has 0 aliphatic carbocycles. The molecule has 0 amide bonds. The van der Waals surface area contributed by atoms with Crippen LogP contribution in [0.2, 0.25) is 5.28 Å². The normalized spacial score (nSPS) is 11.4. The molecule has 0 atom stereocenters. The first-order valence-electron chi connectivity index (χ1n) is 6.35. The zero-order chi connectivity index (χ0) is 15.3. The predicted octanol–water partition coefficient (Wildman–Crippen LogP) is 4.19. The molecule has 0 saturated heterocycles. The number of aromatic nitrogens is 2. The molecule has 7 heteroatoms. The first kappa shape index (κ1) is 15.6. The Bertz CT molecular complexity index is 588. The van der Waals surface area contributed by atoms with E-state index in [0.29, 0.717) is 6.54 Å². The van der Waals surface area contributed by atoms with Crippen LogP contribution in [0.25, 0.3) is 0 Å². The van der Waals surface area contributed by atoms with Gasteiger partial charge in [-0.05, 0) is 30.0 Å². The number of rotatable bonds is 5. The molecule has 2 rings (SSSR count). The minimum atomic E-state index is -4.53. The third-order valence-corrected chi connectivity index (χ3v) is 2.95. The molecule has 1 aromatic carbocycles. The van der Waals surface area contributed by atoms with Crippen molar-refractivity contribution in [3.63, 3.8) is 0 Å². The summed E-state index contributed by atoms with van der Waals surface area (Å²) < 4.78 is 37.7. The Balaban J connectivity index is 1.90. The van der Waals surface area contributed by atoms with E-state index in [0.717, 1.165) is 18.9 Å². The highest BCUT2D eigenvalue weighted by Gasteiger charge is 2.33. The van der Waals surface area contributed by atoms with Crippen molar-refractivity contribution in [3.8, 4) is 0 Å². The second-order valence-electron chi connectivity index (χ2n) is 4.42. The fourth-order valence-corrected chi connectivity index (χ4v) is 1.99. The molecular weight excluding hydrogens is 303 g/mol. The summed E-state index contributed by atoms with van der Waals surface area (Å²) in [5.41, 5.74) is 0.129. The molecule has 1 N–H and O–H groups in total. The van der Waals surface area contributed by atoms with Gasteiger partial charge in [0.2, 0.25) is 5.28 Å². The Kier molecular flexibility index (Phi) is 5.01. The number of alkyl halides is 3. The number of nitrogens with one attached hydrogen (secondary N) is 1. The lowest BCUT2D eigenvalue weighted by molar-refractivity contribution is -0.141. The summed E-state index contributed by atoms with van der Waals surface area (Å²) in [6.45, 7) is 0.500. The number of anilines is 1. The van der Waals surface area contributed by atoms with E-state index in [4.69, 9.17) is 11.6 Å². The van der Waals surface area contributed by atoms with Crippen LogP contribution >= 0.6 is 11.6 Å². The van der Waals surface area contributed by atoms with Crippen molar-refractivity contribution < 1.29 is 13.2 Å². The molecule has 0 unspecified atom stereocenters. The largest absolute Gasteiger partial charge is 0.433 e. The van der Waals surface area contributed by atoms with Crippen LogP contribution in [-0.2, 0) is 12.6 Å². The zero-order valence-electron chi connectivity index (χ0n) is 11.0. The first-order valence-corrected chi connectivity index (χ1v) is 6.72. The van der Waals surface area contributed by atoms with Crippen LogP contribution < -0.4 is 5.32 Å².